The van der Waals surface area contributed by atoms with E-state index in [2.05, 4.69) is 4.98 Å². The van der Waals surface area contributed by atoms with Crippen LogP contribution in [-0.4, -0.2) is 37.4 Å². The maximum atomic E-state index is 13.3. The monoisotopic (exact) mass is 548 g/mol. The Labute approximate surface area is 206 Å². The van der Waals surface area contributed by atoms with Crippen LogP contribution in [0.3, 0.4) is 0 Å². The van der Waals surface area contributed by atoms with Gasteiger partial charge < -0.3 is 9.84 Å². The zero-order chi connectivity index (χ0) is 26.1. The number of methoxy groups -OCH3 is 1. The average Bonchev–Trinajstić information content (AvgIpc) is 2.77. The summed E-state index contributed by atoms with van der Waals surface area (Å²) in [4.78, 5) is 28.0. The van der Waals surface area contributed by atoms with Crippen molar-refractivity contribution in [2.24, 2.45) is 0 Å². The molecule has 0 atom stereocenters. The van der Waals surface area contributed by atoms with Crippen LogP contribution in [0, 0.1) is 0 Å². The maximum absolute atomic E-state index is 13.3. The fraction of sp³-hybridized carbons (Fsp3) is 0.0952. The number of benzene rings is 2. The van der Waals surface area contributed by atoms with Crippen LogP contribution in [0.1, 0.15) is 32.0 Å². The molecule has 0 aliphatic rings. The van der Waals surface area contributed by atoms with Gasteiger partial charge in [0.1, 0.15) is 11.4 Å². The predicted molar refractivity (Wildman–Crippen MR) is 120 cm³/mol. The van der Waals surface area contributed by atoms with Crippen LogP contribution in [0.25, 0.3) is 0 Å². The molecule has 0 aliphatic heterocycles. The van der Waals surface area contributed by atoms with E-state index in [4.69, 9.17) is 27.9 Å². The van der Waals surface area contributed by atoms with Crippen molar-refractivity contribution in [3.05, 3.63) is 81.1 Å². The largest absolute Gasteiger partial charge is 0.496 e. The maximum Gasteiger partial charge on any atom is 0.417 e. The second-order valence-electron chi connectivity index (χ2n) is 6.81. The second kappa shape index (κ2) is 9.72. The molecule has 2 aromatic carbocycles. The minimum absolute atomic E-state index is 0.121. The molecular weight excluding hydrogens is 536 g/mol. The lowest BCUT2D eigenvalue weighted by Gasteiger charge is -2.15. The van der Waals surface area contributed by atoms with Crippen molar-refractivity contribution in [1.82, 2.24) is 4.98 Å². The number of halogens is 5. The molecule has 0 spiro atoms. The lowest BCUT2D eigenvalue weighted by Crippen LogP contribution is -2.19. The van der Waals surface area contributed by atoms with E-state index in [-0.39, 0.29) is 10.8 Å². The number of nitrogens with one attached hydrogen (secondary N) is 1. The predicted octanol–water partition coefficient (Wildman–Crippen LogP) is 5.15. The second-order valence-corrected chi connectivity index (χ2v) is 9.34. The van der Waals surface area contributed by atoms with Gasteiger partial charge in [-0.15, -0.1) is 0 Å². The molecule has 184 valence electrons. The Kier molecular flexibility index (Phi) is 7.29. The number of sulfonamides is 1. The Morgan fingerprint density at radius 3 is 2.40 bits per heavy atom. The fourth-order valence-electron chi connectivity index (χ4n) is 3.02. The third-order valence-electron chi connectivity index (χ3n) is 4.57. The van der Waals surface area contributed by atoms with Gasteiger partial charge >= 0.3 is 12.1 Å². The summed E-state index contributed by atoms with van der Waals surface area (Å²) in [6.07, 6.45) is -3.93. The van der Waals surface area contributed by atoms with Crippen molar-refractivity contribution < 1.29 is 41.0 Å². The normalized spacial score (nSPS) is 11.7. The number of carboxylic acid groups (broad SMARTS) is 1. The first-order valence-electron chi connectivity index (χ1n) is 9.26. The summed E-state index contributed by atoms with van der Waals surface area (Å²) in [5.74, 6) is -2.64. The number of carbonyl (C=O) groups is 2. The highest BCUT2D eigenvalue weighted by molar-refractivity contribution is 7.92. The Bertz CT molecular complexity index is 1450. The van der Waals surface area contributed by atoms with Gasteiger partial charge in [0.05, 0.1) is 44.4 Å². The highest BCUT2D eigenvalue weighted by atomic mass is 35.5. The molecule has 2 N–H and O–H groups in total. The molecule has 0 fully saturated rings. The van der Waals surface area contributed by atoms with E-state index in [9.17, 15) is 36.3 Å². The molecule has 1 heterocycles. The van der Waals surface area contributed by atoms with Crippen molar-refractivity contribution in [3.63, 3.8) is 0 Å². The van der Waals surface area contributed by atoms with E-state index < -0.39 is 65.9 Å². The SMILES string of the molecule is COc1cccc(C(=O)O)c1C(=O)c1ncc(Cl)cc1NS(=O)(=O)c1ccc(Cl)c(C(F)(F)F)c1. The molecule has 0 unspecified atom stereocenters. The standard InChI is InChI=1S/C21H13Cl2F3N2O6S/c1-34-16-4-2-3-12(20(30)31)17(16)19(29)18-15(7-10(22)9-27-18)28-35(32,33)11-5-6-14(23)13(8-11)21(24,25)26/h2-9,28H,1H3,(H,30,31). The summed E-state index contributed by atoms with van der Waals surface area (Å²) >= 11 is 11.4. The molecule has 0 radical (unpaired) electrons. The number of anilines is 1. The molecular formula is C21H13Cl2F3N2O6S. The van der Waals surface area contributed by atoms with Gasteiger partial charge in [-0.25, -0.2) is 18.2 Å². The fourth-order valence-corrected chi connectivity index (χ4v) is 4.49. The number of rotatable bonds is 7. The van der Waals surface area contributed by atoms with Crippen LogP contribution in [0.4, 0.5) is 18.9 Å². The first-order chi connectivity index (χ1) is 16.3. The van der Waals surface area contributed by atoms with Gasteiger partial charge in [0.2, 0.25) is 5.78 Å². The van der Waals surface area contributed by atoms with Gasteiger partial charge in [-0.3, -0.25) is 9.52 Å². The Morgan fingerprint density at radius 2 is 1.80 bits per heavy atom. The van der Waals surface area contributed by atoms with Crippen LogP contribution < -0.4 is 9.46 Å². The molecule has 3 rings (SSSR count). The molecule has 0 bridgehead atoms. The van der Waals surface area contributed by atoms with Gasteiger partial charge in [0, 0.05) is 6.20 Å². The van der Waals surface area contributed by atoms with Gasteiger partial charge in [-0.2, -0.15) is 13.2 Å². The molecule has 1 aromatic heterocycles. The number of nitrogens with zero attached hydrogens (tertiary/aromatic N) is 1. The van der Waals surface area contributed by atoms with Crippen LogP contribution in [0.15, 0.2) is 53.6 Å². The average molecular weight is 549 g/mol. The van der Waals surface area contributed by atoms with Gasteiger partial charge in [0.15, 0.2) is 0 Å². The number of aromatic nitrogens is 1. The van der Waals surface area contributed by atoms with Gasteiger partial charge in [-0.1, -0.05) is 29.3 Å². The molecule has 35 heavy (non-hydrogen) atoms. The number of ketones is 1. The van der Waals surface area contributed by atoms with Gasteiger partial charge in [-0.05, 0) is 36.4 Å². The van der Waals surface area contributed by atoms with E-state index in [0.29, 0.717) is 6.07 Å². The Balaban J connectivity index is 2.14. The number of alkyl halides is 3. The van der Waals surface area contributed by atoms with Gasteiger partial charge in [0.25, 0.3) is 10.0 Å². The lowest BCUT2D eigenvalue weighted by molar-refractivity contribution is -0.137. The third-order valence-corrected chi connectivity index (χ3v) is 6.47. The number of ether oxygens (including phenoxy) is 1. The van der Waals surface area contributed by atoms with Crippen molar-refractivity contribution in [2.45, 2.75) is 11.1 Å². The minimum atomic E-state index is -4.93. The van der Waals surface area contributed by atoms with E-state index >= 15 is 0 Å². The molecule has 0 aliphatic carbocycles. The summed E-state index contributed by atoms with van der Waals surface area (Å²) in [5.41, 5.74) is -3.35. The van der Waals surface area contributed by atoms with Crippen LogP contribution >= 0.6 is 23.2 Å². The number of pyridine rings is 1. The van der Waals surface area contributed by atoms with E-state index in [0.717, 1.165) is 30.5 Å². The summed E-state index contributed by atoms with van der Waals surface area (Å²) in [6.45, 7) is 0. The molecule has 0 amide bonds. The van der Waals surface area contributed by atoms with Crippen molar-refractivity contribution in [2.75, 3.05) is 11.8 Å². The number of hydrogen-bond acceptors (Lipinski definition) is 6. The Hall–Kier alpha value is -3.35. The van der Waals surface area contributed by atoms with Crippen molar-refractivity contribution >= 4 is 50.7 Å². The van der Waals surface area contributed by atoms with E-state index in [1.807, 2.05) is 4.72 Å². The summed E-state index contributed by atoms with van der Waals surface area (Å²) in [5, 5.41) is 8.65. The minimum Gasteiger partial charge on any atom is -0.496 e. The number of hydrogen-bond donors (Lipinski definition) is 2. The third kappa shape index (κ3) is 5.50. The van der Waals surface area contributed by atoms with Crippen LogP contribution in [0.2, 0.25) is 10.0 Å². The van der Waals surface area contributed by atoms with E-state index in [1.165, 1.54) is 19.2 Å². The molecule has 8 nitrogen and oxygen atoms in total. The molecule has 3 aromatic rings. The zero-order valence-electron chi connectivity index (χ0n) is 17.4. The zero-order valence-corrected chi connectivity index (χ0v) is 19.7. The van der Waals surface area contributed by atoms with Crippen LogP contribution in [0.5, 0.6) is 5.75 Å². The van der Waals surface area contributed by atoms with Crippen LogP contribution in [-0.2, 0) is 16.2 Å². The number of carboxylic acids is 1. The number of aromatic carboxylic acids is 1. The highest BCUT2D eigenvalue weighted by Gasteiger charge is 2.35. The topological polar surface area (TPSA) is 123 Å². The van der Waals surface area contributed by atoms with E-state index in [1.54, 1.807) is 0 Å². The summed E-state index contributed by atoms with van der Waals surface area (Å²) in [6, 6.07) is 6.69. The summed E-state index contributed by atoms with van der Waals surface area (Å²) < 4.78 is 72.4. The first kappa shape index (κ1) is 26.3. The number of carbonyl (C=O) groups excluding carboxylic acids is 1. The van der Waals surface area contributed by atoms with Crippen molar-refractivity contribution in [3.8, 4) is 5.75 Å². The first-order valence-corrected chi connectivity index (χ1v) is 11.5. The molecule has 14 heteroatoms. The molecule has 0 saturated carbocycles. The smallest absolute Gasteiger partial charge is 0.417 e. The quantitative estimate of drug-likeness (QED) is 0.391. The lowest BCUT2D eigenvalue weighted by atomic mass is 9.99. The Morgan fingerprint density at radius 1 is 1.11 bits per heavy atom. The van der Waals surface area contributed by atoms with Crippen molar-refractivity contribution in [1.29, 1.82) is 0 Å². The highest BCUT2D eigenvalue weighted by Crippen LogP contribution is 2.36. The molecule has 0 saturated heterocycles. The summed E-state index contributed by atoms with van der Waals surface area (Å²) in [7, 11) is -3.53.